The molecular formula is C14H16BrNO2S. The van der Waals surface area contributed by atoms with E-state index in [1.165, 1.54) is 0 Å². The summed E-state index contributed by atoms with van der Waals surface area (Å²) in [7, 11) is 3.26. The molecule has 1 aromatic heterocycles. The van der Waals surface area contributed by atoms with Crippen molar-refractivity contribution in [2.24, 2.45) is 5.73 Å². The molecule has 19 heavy (non-hydrogen) atoms. The lowest BCUT2D eigenvalue weighted by molar-refractivity contribution is 0.354. The maximum absolute atomic E-state index is 6.36. The molecule has 5 heteroatoms. The first-order valence-corrected chi connectivity index (χ1v) is 7.46. The van der Waals surface area contributed by atoms with Gasteiger partial charge in [-0.3, -0.25) is 0 Å². The molecule has 2 aromatic rings. The Bertz CT molecular complexity index is 583. The second kappa shape index (κ2) is 5.94. The molecule has 1 heterocycles. The van der Waals surface area contributed by atoms with Crippen molar-refractivity contribution in [3.05, 3.63) is 44.1 Å². The molecule has 102 valence electrons. The standard InChI is InChI=1S/C14H16BrNO2S/c1-8-6-11(17-2)12(18-3)7-9(8)13(16)14-10(15)4-5-19-14/h4-7,13H,16H2,1-3H3. The first-order chi connectivity index (χ1) is 9.08. The van der Waals surface area contributed by atoms with Crippen LogP contribution < -0.4 is 15.2 Å². The smallest absolute Gasteiger partial charge is 0.161 e. The van der Waals surface area contributed by atoms with Gasteiger partial charge in [-0.2, -0.15) is 0 Å². The van der Waals surface area contributed by atoms with Gasteiger partial charge >= 0.3 is 0 Å². The quantitative estimate of drug-likeness (QED) is 0.917. The molecule has 0 saturated heterocycles. The van der Waals surface area contributed by atoms with Gasteiger partial charge in [0.05, 0.1) is 20.3 Å². The van der Waals surface area contributed by atoms with Crippen molar-refractivity contribution in [2.75, 3.05) is 14.2 Å². The summed E-state index contributed by atoms with van der Waals surface area (Å²) in [6, 6.07) is 5.74. The molecule has 2 rings (SSSR count). The molecule has 0 aliphatic carbocycles. The molecule has 0 radical (unpaired) electrons. The number of halogens is 1. The first kappa shape index (κ1) is 14.4. The highest BCUT2D eigenvalue weighted by atomic mass is 79.9. The van der Waals surface area contributed by atoms with E-state index in [0.29, 0.717) is 5.75 Å². The van der Waals surface area contributed by atoms with Crippen LogP contribution in [0, 0.1) is 6.92 Å². The predicted molar refractivity (Wildman–Crippen MR) is 82.3 cm³/mol. The monoisotopic (exact) mass is 341 g/mol. The van der Waals surface area contributed by atoms with Crippen molar-refractivity contribution in [3.8, 4) is 11.5 Å². The van der Waals surface area contributed by atoms with Gasteiger partial charge in [-0.15, -0.1) is 11.3 Å². The van der Waals surface area contributed by atoms with Crippen LogP contribution in [-0.2, 0) is 0 Å². The van der Waals surface area contributed by atoms with Crippen LogP contribution in [0.25, 0.3) is 0 Å². The molecule has 0 bridgehead atoms. The van der Waals surface area contributed by atoms with E-state index in [4.69, 9.17) is 15.2 Å². The van der Waals surface area contributed by atoms with Crippen molar-refractivity contribution in [1.82, 2.24) is 0 Å². The molecule has 1 atom stereocenters. The number of benzene rings is 1. The Labute approximate surface area is 125 Å². The molecule has 3 nitrogen and oxygen atoms in total. The van der Waals surface area contributed by atoms with Gasteiger partial charge in [-0.05, 0) is 57.6 Å². The normalized spacial score (nSPS) is 12.3. The zero-order chi connectivity index (χ0) is 14.0. The second-order valence-electron chi connectivity index (χ2n) is 4.17. The molecule has 2 N–H and O–H groups in total. The Balaban J connectivity index is 2.48. The molecule has 1 unspecified atom stereocenters. The summed E-state index contributed by atoms with van der Waals surface area (Å²) in [6.07, 6.45) is 0. The van der Waals surface area contributed by atoms with Crippen LogP contribution >= 0.6 is 27.3 Å². The minimum atomic E-state index is -0.172. The highest BCUT2D eigenvalue weighted by molar-refractivity contribution is 9.10. The van der Waals surface area contributed by atoms with Gasteiger partial charge in [0, 0.05) is 9.35 Å². The predicted octanol–water partition coefficient (Wildman–Crippen LogP) is 3.88. The van der Waals surface area contributed by atoms with Gasteiger partial charge in [0.1, 0.15) is 0 Å². The second-order valence-corrected chi connectivity index (χ2v) is 5.98. The number of hydrogen-bond acceptors (Lipinski definition) is 4. The molecule has 0 aliphatic rings. The van der Waals surface area contributed by atoms with E-state index in [9.17, 15) is 0 Å². The minimum Gasteiger partial charge on any atom is -0.493 e. The highest BCUT2D eigenvalue weighted by Gasteiger charge is 2.18. The third-order valence-electron chi connectivity index (χ3n) is 3.03. The molecule has 1 aromatic carbocycles. The van der Waals surface area contributed by atoms with Gasteiger partial charge in [0.15, 0.2) is 11.5 Å². The average Bonchev–Trinajstić information content (AvgIpc) is 2.83. The zero-order valence-electron chi connectivity index (χ0n) is 11.1. The Morgan fingerprint density at radius 3 is 2.37 bits per heavy atom. The van der Waals surface area contributed by atoms with Crippen LogP contribution in [0.3, 0.4) is 0 Å². The van der Waals surface area contributed by atoms with Crippen molar-refractivity contribution in [3.63, 3.8) is 0 Å². The number of rotatable bonds is 4. The molecule has 0 saturated carbocycles. The number of aryl methyl sites for hydroxylation is 1. The van der Waals surface area contributed by atoms with E-state index in [2.05, 4.69) is 15.9 Å². The first-order valence-electron chi connectivity index (χ1n) is 5.79. The summed E-state index contributed by atoms with van der Waals surface area (Å²) in [6.45, 7) is 2.03. The fourth-order valence-electron chi connectivity index (χ4n) is 2.00. The lowest BCUT2D eigenvalue weighted by atomic mass is 10.00. The Kier molecular flexibility index (Phi) is 4.50. The maximum atomic E-state index is 6.36. The summed E-state index contributed by atoms with van der Waals surface area (Å²) in [5, 5.41) is 2.02. The number of thiophene rings is 1. The number of hydrogen-bond donors (Lipinski definition) is 1. The summed E-state index contributed by atoms with van der Waals surface area (Å²) in [5.74, 6) is 1.42. The lowest BCUT2D eigenvalue weighted by Gasteiger charge is -2.17. The van der Waals surface area contributed by atoms with E-state index < -0.39 is 0 Å². The van der Waals surface area contributed by atoms with Gasteiger partial charge in [0.25, 0.3) is 0 Å². The third-order valence-corrected chi connectivity index (χ3v) is 4.99. The zero-order valence-corrected chi connectivity index (χ0v) is 13.5. The van der Waals surface area contributed by atoms with Crippen LogP contribution in [-0.4, -0.2) is 14.2 Å². The minimum absolute atomic E-state index is 0.172. The summed E-state index contributed by atoms with van der Waals surface area (Å²) in [5.41, 5.74) is 8.49. The number of ether oxygens (including phenoxy) is 2. The SMILES string of the molecule is COc1cc(C)c(C(N)c2sccc2Br)cc1OC. The lowest BCUT2D eigenvalue weighted by Crippen LogP contribution is -2.12. The van der Waals surface area contributed by atoms with Crippen LogP contribution in [0.2, 0.25) is 0 Å². The molecule has 0 amide bonds. The molecule has 0 spiro atoms. The van der Waals surface area contributed by atoms with Gasteiger partial charge in [-0.1, -0.05) is 0 Å². The topological polar surface area (TPSA) is 44.5 Å². The fraction of sp³-hybridized carbons (Fsp3) is 0.286. The van der Waals surface area contributed by atoms with E-state index in [1.807, 2.05) is 30.5 Å². The summed E-state index contributed by atoms with van der Waals surface area (Å²) >= 11 is 5.17. The average molecular weight is 342 g/mol. The van der Waals surface area contributed by atoms with Crippen molar-refractivity contribution >= 4 is 27.3 Å². The third kappa shape index (κ3) is 2.78. The van der Waals surface area contributed by atoms with Crippen LogP contribution in [0.15, 0.2) is 28.1 Å². The molecule has 0 aliphatic heterocycles. The Morgan fingerprint density at radius 1 is 1.21 bits per heavy atom. The van der Waals surface area contributed by atoms with Gasteiger partial charge in [0.2, 0.25) is 0 Å². The Hall–Kier alpha value is -1.04. The molecule has 0 fully saturated rings. The van der Waals surface area contributed by atoms with E-state index in [1.54, 1.807) is 25.6 Å². The number of nitrogens with two attached hydrogens (primary N) is 1. The van der Waals surface area contributed by atoms with Crippen LogP contribution in [0.4, 0.5) is 0 Å². The molecular weight excluding hydrogens is 326 g/mol. The van der Waals surface area contributed by atoms with E-state index in [0.717, 1.165) is 26.2 Å². The van der Waals surface area contributed by atoms with Crippen LogP contribution in [0.1, 0.15) is 22.0 Å². The van der Waals surface area contributed by atoms with Crippen molar-refractivity contribution in [1.29, 1.82) is 0 Å². The maximum Gasteiger partial charge on any atom is 0.161 e. The van der Waals surface area contributed by atoms with E-state index in [-0.39, 0.29) is 6.04 Å². The van der Waals surface area contributed by atoms with Crippen molar-refractivity contribution in [2.45, 2.75) is 13.0 Å². The Morgan fingerprint density at radius 2 is 1.84 bits per heavy atom. The van der Waals surface area contributed by atoms with Crippen LogP contribution in [0.5, 0.6) is 11.5 Å². The number of methoxy groups -OCH3 is 2. The van der Waals surface area contributed by atoms with Gasteiger partial charge < -0.3 is 15.2 Å². The fourth-order valence-corrected chi connectivity index (χ4v) is 3.64. The largest absolute Gasteiger partial charge is 0.493 e. The highest BCUT2D eigenvalue weighted by Crippen LogP contribution is 2.37. The van der Waals surface area contributed by atoms with Gasteiger partial charge in [-0.25, -0.2) is 0 Å². The van der Waals surface area contributed by atoms with E-state index >= 15 is 0 Å². The van der Waals surface area contributed by atoms with Crippen molar-refractivity contribution < 1.29 is 9.47 Å². The summed E-state index contributed by atoms with van der Waals surface area (Å²) < 4.78 is 11.7. The summed E-state index contributed by atoms with van der Waals surface area (Å²) in [4.78, 5) is 1.11.